The summed E-state index contributed by atoms with van der Waals surface area (Å²) in [6.45, 7) is -0.0780. The van der Waals surface area contributed by atoms with Gasteiger partial charge >= 0.3 is 5.88 Å². The summed E-state index contributed by atoms with van der Waals surface area (Å²) in [4.78, 5) is 53.2. The number of hydrogen-bond donors (Lipinski definition) is 6. The molecule has 5 rings (SSSR count). The fraction of sp³-hybridized carbons (Fsp3) is 0.393. The molecular weight excluding hydrogens is 566 g/mol. The molecule has 228 valence electrons. The monoisotopic (exact) mass is 597 g/mol. The first-order chi connectivity index (χ1) is 20.1. The molecule has 7 N–H and O–H groups in total. The van der Waals surface area contributed by atoms with Crippen LogP contribution in [0.2, 0.25) is 0 Å². The van der Waals surface area contributed by atoms with Gasteiger partial charge in [-0.05, 0) is 50.6 Å². The van der Waals surface area contributed by atoms with E-state index in [-0.39, 0.29) is 42.0 Å². The Bertz CT molecular complexity index is 1650. The number of aliphatic hydroxyl groups is 3. The Balaban J connectivity index is 1.63. The molecule has 4 atom stereocenters. The highest BCUT2D eigenvalue weighted by Gasteiger charge is 2.63. The lowest BCUT2D eigenvalue weighted by atomic mass is 9.58. The van der Waals surface area contributed by atoms with Crippen LogP contribution in [-0.2, 0) is 22.6 Å². The number of aromatic hydroxyl groups is 1. The molecule has 0 fully saturated rings. The van der Waals surface area contributed by atoms with Crippen molar-refractivity contribution in [2.45, 2.75) is 31.0 Å². The molecule has 0 aliphatic heterocycles. The van der Waals surface area contributed by atoms with Crippen molar-refractivity contribution in [1.29, 1.82) is 0 Å². The molecule has 0 bridgehead atoms. The van der Waals surface area contributed by atoms with Gasteiger partial charge in [0.1, 0.15) is 33.5 Å². The number of nitrogens with two attached hydrogens (primary N) is 1. The van der Waals surface area contributed by atoms with Gasteiger partial charge in [0.05, 0.1) is 29.9 Å². The number of phenols is 1. The fourth-order valence-electron chi connectivity index (χ4n) is 6.57. The minimum absolute atomic E-state index is 0.0311. The Morgan fingerprint density at radius 2 is 1.88 bits per heavy atom. The van der Waals surface area contributed by atoms with E-state index in [0.717, 1.165) is 0 Å². The molecule has 0 saturated heterocycles. The van der Waals surface area contributed by atoms with E-state index in [1.165, 1.54) is 17.0 Å². The third-order valence-corrected chi connectivity index (χ3v) is 8.46. The van der Waals surface area contributed by atoms with Gasteiger partial charge in [-0.15, -0.1) is 0 Å². The highest BCUT2D eigenvalue weighted by molar-refractivity contribution is 6.25. The third kappa shape index (κ3) is 4.30. The lowest BCUT2D eigenvalue weighted by Gasteiger charge is -2.50. The Labute approximate surface area is 244 Å². The number of nitrogens with one attached hydrogen (secondary N) is 1. The van der Waals surface area contributed by atoms with Crippen molar-refractivity contribution < 1.29 is 44.2 Å². The minimum Gasteiger partial charge on any atom is -0.510 e. The van der Waals surface area contributed by atoms with Gasteiger partial charge < -0.3 is 40.8 Å². The summed E-state index contributed by atoms with van der Waals surface area (Å²) in [7, 11) is 6.58. The molecule has 0 unspecified atom stereocenters. The van der Waals surface area contributed by atoms with E-state index in [4.69, 9.17) is 10.2 Å². The van der Waals surface area contributed by atoms with E-state index in [9.17, 15) is 44.9 Å². The maximum absolute atomic E-state index is 14.1. The van der Waals surface area contributed by atoms with Gasteiger partial charge in [0, 0.05) is 31.3 Å². The summed E-state index contributed by atoms with van der Waals surface area (Å²) >= 11 is 0. The Kier molecular flexibility index (Phi) is 6.97. The number of furan rings is 1. The number of aliphatic hydroxyl groups excluding tert-OH is 2. The summed E-state index contributed by atoms with van der Waals surface area (Å²) in [5.74, 6) is -7.64. The van der Waals surface area contributed by atoms with Crippen LogP contribution in [-0.4, -0.2) is 87.6 Å². The maximum atomic E-state index is 14.1. The third-order valence-electron chi connectivity index (χ3n) is 8.46. The van der Waals surface area contributed by atoms with Gasteiger partial charge in [-0.1, -0.05) is 0 Å². The SMILES string of the molecule is CN(C)c1cc(NCc2ccc([N+](=O)[O-])o2)c(O)c2c1C[C@H]1C[C@H]3[C@H](N(C)C)C(O)=C(C(N)=O)C(=O)[C@@]3(O)C(O)=C1C2=O. The maximum Gasteiger partial charge on any atom is 0.433 e. The second kappa shape index (κ2) is 10.1. The summed E-state index contributed by atoms with van der Waals surface area (Å²) in [5, 5.41) is 59.3. The van der Waals surface area contributed by atoms with E-state index >= 15 is 0 Å². The predicted molar refractivity (Wildman–Crippen MR) is 151 cm³/mol. The number of benzene rings is 1. The molecule has 15 nitrogen and oxygen atoms in total. The first-order valence-corrected chi connectivity index (χ1v) is 13.3. The average molecular weight is 598 g/mol. The molecule has 2 aromatic rings. The number of primary amides is 1. The molecule has 43 heavy (non-hydrogen) atoms. The lowest BCUT2D eigenvalue weighted by Crippen LogP contribution is -2.63. The van der Waals surface area contributed by atoms with Crippen molar-refractivity contribution in [2.24, 2.45) is 17.6 Å². The summed E-state index contributed by atoms with van der Waals surface area (Å²) in [6.07, 6.45) is 0.0942. The summed E-state index contributed by atoms with van der Waals surface area (Å²) < 4.78 is 5.15. The second-order valence-electron chi connectivity index (χ2n) is 11.4. The molecule has 0 spiro atoms. The van der Waals surface area contributed by atoms with E-state index in [2.05, 4.69) is 5.32 Å². The molecule has 1 heterocycles. The minimum atomic E-state index is -2.74. The van der Waals surface area contributed by atoms with E-state index in [1.807, 2.05) is 0 Å². The quantitative estimate of drug-likeness (QED) is 0.114. The van der Waals surface area contributed by atoms with Crippen LogP contribution in [0.4, 0.5) is 17.3 Å². The van der Waals surface area contributed by atoms with Crippen molar-refractivity contribution in [3.05, 3.63) is 67.9 Å². The van der Waals surface area contributed by atoms with Crippen molar-refractivity contribution in [2.75, 3.05) is 38.4 Å². The number of phenolic OH excluding ortho intramolecular Hbond substituents is 1. The molecule has 15 heteroatoms. The molecule has 3 aliphatic carbocycles. The number of fused-ring (bicyclic) bond motifs is 3. The van der Waals surface area contributed by atoms with Gasteiger partial charge in [-0.3, -0.25) is 29.4 Å². The van der Waals surface area contributed by atoms with Crippen LogP contribution in [0.3, 0.4) is 0 Å². The van der Waals surface area contributed by atoms with Crippen LogP contribution < -0.4 is 16.0 Å². The molecule has 1 aromatic carbocycles. The molecule has 3 aliphatic rings. The van der Waals surface area contributed by atoms with Gasteiger partial charge in [0.2, 0.25) is 5.78 Å². The molecular formula is C28H31N5O10. The zero-order valence-electron chi connectivity index (χ0n) is 23.7. The van der Waals surface area contributed by atoms with Crippen LogP contribution in [0.5, 0.6) is 5.75 Å². The topological polar surface area (TPSA) is 233 Å². The number of carbonyl (C=O) groups excluding carboxylic acids is 3. The number of nitrogens with zero attached hydrogens (tertiary/aromatic N) is 3. The van der Waals surface area contributed by atoms with E-state index in [1.54, 1.807) is 39.2 Å². The van der Waals surface area contributed by atoms with Crippen molar-refractivity contribution >= 4 is 34.7 Å². The molecule has 0 saturated carbocycles. The Hall–Kier alpha value is -4.89. The highest BCUT2D eigenvalue weighted by Crippen LogP contribution is 2.54. The van der Waals surface area contributed by atoms with Crippen LogP contribution in [0.15, 0.2) is 45.3 Å². The van der Waals surface area contributed by atoms with Gasteiger partial charge in [0.25, 0.3) is 5.91 Å². The number of allylic oxidation sites excluding steroid dienone is 1. The molecule has 0 radical (unpaired) electrons. The number of Topliss-reactive ketones (excluding diaryl/α,β-unsaturated/α-hetero) is 2. The van der Waals surface area contributed by atoms with Gasteiger partial charge in [-0.2, -0.15) is 0 Å². The van der Waals surface area contributed by atoms with E-state index < -0.39 is 74.6 Å². The molecule has 1 amide bonds. The number of likely N-dealkylation sites (N-methyl/N-ethyl adjacent to an activating group) is 1. The highest BCUT2D eigenvalue weighted by atomic mass is 16.6. The van der Waals surface area contributed by atoms with Crippen LogP contribution in [0.1, 0.15) is 28.1 Å². The zero-order valence-corrected chi connectivity index (χ0v) is 23.7. The average Bonchev–Trinajstić information content (AvgIpc) is 3.39. The number of carbonyl (C=O) groups is 3. The standard InChI is InChI=1S/C28H31N5O10/c1-31(2)16-9-15(30-10-12-5-6-17(43-12)33(41)42)22(34)19-13(16)7-11-8-14-21(32(3)4)24(36)20(27(29)39)26(38)28(14,40)25(37)18(11)23(19)35/h5-6,9,11,14,21,30,34,36-37,40H,7-8,10H2,1-4H3,(H2,29,39)/t11-,14-,21-,28-/m0/s1. The lowest BCUT2D eigenvalue weighted by molar-refractivity contribution is -0.402. The number of ketones is 2. The Morgan fingerprint density at radius 3 is 2.44 bits per heavy atom. The summed E-state index contributed by atoms with van der Waals surface area (Å²) in [5.41, 5.74) is 2.40. The van der Waals surface area contributed by atoms with Crippen LogP contribution >= 0.6 is 0 Å². The first-order valence-electron chi connectivity index (χ1n) is 13.3. The number of hydrogen-bond acceptors (Lipinski definition) is 13. The van der Waals surface area contributed by atoms with Crippen molar-refractivity contribution in [3.8, 4) is 5.75 Å². The normalized spacial score (nSPS) is 24.9. The summed E-state index contributed by atoms with van der Waals surface area (Å²) in [6, 6.07) is 3.09. The van der Waals surface area contributed by atoms with Gasteiger partial charge in [0.15, 0.2) is 11.4 Å². The smallest absolute Gasteiger partial charge is 0.433 e. The van der Waals surface area contributed by atoms with Crippen LogP contribution in [0.25, 0.3) is 0 Å². The van der Waals surface area contributed by atoms with E-state index in [0.29, 0.717) is 11.3 Å². The van der Waals surface area contributed by atoms with Crippen LogP contribution in [0, 0.1) is 22.0 Å². The number of nitro groups is 1. The number of rotatable bonds is 7. The van der Waals surface area contributed by atoms with Crippen molar-refractivity contribution in [3.63, 3.8) is 0 Å². The van der Waals surface area contributed by atoms with Gasteiger partial charge in [-0.25, -0.2) is 0 Å². The largest absolute Gasteiger partial charge is 0.510 e. The molecule has 1 aromatic heterocycles. The Morgan fingerprint density at radius 1 is 1.21 bits per heavy atom. The first kappa shape index (κ1) is 29.6. The zero-order chi connectivity index (χ0) is 31.7. The number of amides is 1. The van der Waals surface area contributed by atoms with Crippen molar-refractivity contribution in [1.82, 2.24) is 4.90 Å². The second-order valence-corrected chi connectivity index (χ2v) is 11.4. The fourth-order valence-corrected chi connectivity index (χ4v) is 6.57. The predicted octanol–water partition coefficient (Wildman–Crippen LogP) is 1.30. The number of anilines is 2.